The van der Waals surface area contributed by atoms with Crippen LogP contribution in [-0.2, 0) is 10.0 Å². The van der Waals surface area contributed by atoms with E-state index in [0.717, 1.165) is 25.7 Å². The van der Waals surface area contributed by atoms with Crippen molar-refractivity contribution in [3.63, 3.8) is 0 Å². The number of hydrogen-bond acceptors (Lipinski definition) is 5. The van der Waals surface area contributed by atoms with Gasteiger partial charge in [0.2, 0.25) is 16.0 Å². The number of aromatic nitrogens is 2. The molecule has 0 unspecified atom stereocenters. The number of rotatable bonds is 5. The van der Waals surface area contributed by atoms with E-state index in [4.69, 9.17) is 0 Å². The van der Waals surface area contributed by atoms with Crippen LogP contribution < -0.4 is 10.0 Å². The zero-order valence-electron chi connectivity index (χ0n) is 12.9. The molecule has 1 fully saturated rings. The van der Waals surface area contributed by atoms with Gasteiger partial charge in [0.1, 0.15) is 4.90 Å². The predicted octanol–water partition coefficient (Wildman–Crippen LogP) is 2.16. The van der Waals surface area contributed by atoms with Crippen molar-refractivity contribution in [2.75, 3.05) is 11.9 Å². The first kappa shape index (κ1) is 16.2. The third-order valence-electron chi connectivity index (χ3n) is 3.93. The molecule has 1 aliphatic rings. The van der Waals surface area contributed by atoms with E-state index in [-0.39, 0.29) is 10.9 Å². The lowest BCUT2D eigenvalue weighted by atomic mass is 9.76. The standard InChI is InChI=1S/C14H24N4O2S/c1-4-15-13-16-9-12(10-17-13)21(19,20)18-11-5-7-14(2,3)8-6-11/h9-11,18H,4-8H2,1-3H3,(H,15,16,17). The molecule has 21 heavy (non-hydrogen) atoms. The molecule has 6 nitrogen and oxygen atoms in total. The molecule has 7 heteroatoms. The van der Waals surface area contributed by atoms with Crippen molar-refractivity contribution in [1.82, 2.24) is 14.7 Å². The summed E-state index contributed by atoms with van der Waals surface area (Å²) in [6, 6.07) is 0.0106. The molecule has 118 valence electrons. The van der Waals surface area contributed by atoms with Crippen molar-refractivity contribution >= 4 is 16.0 Å². The molecule has 0 atom stereocenters. The summed E-state index contributed by atoms with van der Waals surface area (Å²) in [4.78, 5) is 8.14. The number of hydrogen-bond donors (Lipinski definition) is 2. The fourth-order valence-electron chi connectivity index (χ4n) is 2.51. The van der Waals surface area contributed by atoms with Crippen LogP contribution in [0.2, 0.25) is 0 Å². The number of nitrogens with zero attached hydrogens (tertiary/aromatic N) is 2. The van der Waals surface area contributed by atoms with Gasteiger partial charge in [-0.25, -0.2) is 23.1 Å². The van der Waals surface area contributed by atoms with Crippen molar-refractivity contribution in [3.8, 4) is 0 Å². The first-order chi connectivity index (χ1) is 9.82. The van der Waals surface area contributed by atoms with Crippen molar-refractivity contribution in [3.05, 3.63) is 12.4 Å². The first-order valence-corrected chi connectivity index (χ1v) is 8.89. The van der Waals surface area contributed by atoms with Gasteiger partial charge >= 0.3 is 0 Å². The Bertz CT molecular complexity index is 559. The maximum Gasteiger partial charge on any atom is 0.243 e. The van der Waals surface area contributed by atoms with E-state index < -0.39 is 10.0 Å². The predicted molar refractivity (Wildman–Crippen MR) is 82.6 cm³/mol. The molecule has 0 spiro atoms. The van der Waals surface area contributed by atoms with Gasteiger partial charge < -0.3 is 5.32 Å². The normalized spacial score (nSPS) is 19.4. The molecule has 0 aliphatic heterocycles. The molecule has 2 N–H and O–H groups in total. The largest absolute Gasteiger partial charge is 0.355 e. The van der Waals surface area contributed by atoms with Gasteiger partial charge in [0.05, 0.1) is 12.4 Å². The van der Waals surface area contributed by atoms with E-state index in [1.165, 1.54) is 12.4 Å². The molecule has 0 amide bonds. The molecule has 0 saturated heterocycles. The summed E-state index contributed by atoms with van der Waals surface area (Å²) >= 11 is 0. The van der Waals surface area contributed by atoms with Gasteiger partial charge in [-0.2, -0.15) is 0 Å². The van der Waals surface area contributed by atoms with Crippen LogP contribution in [0.5, 0.6) is 0 Å². The van der Waals surface area contributed by atoms with Crippen molar-refractivity contribution < 1.29 is 8.42 Å². The van der Waals surface area contributed by atoms with Crippen LogP contribution >= 0.6 is 0 Å². The summed E-state index contributed by atoms with van der Waals surface area (Å²) in [6.45, 7) is 7.08. The Morgan fingerprint density at radius 1 is 1.24 bits per heavy atom. The zero-order chi connectivity index (χ0) is 15.5. The second kappa shape index (κ2) is 6.27. The van der Waals surface area contributed by atoms with Gasteiger partial charge in [-0.1, -0.05) is 13.8 Å². The van der Waals surface area contributed by atoms with Gasteiger partial charge in [-0.15, -0.1) is 0 Å². The van der Waals surface area contributed by atoms with E-state index in [1.54, 1.807) is 0 Å². The Labute approximate surface area is 126 Å². The quantitative estimate of drug-likeness (QED) is 0.870. The van der Waals surface area contributed by atoms with E-state index >= 15 is 0 Å². The highest BCUT2D eigenvalue weighted by Crippen LogP contribution is 2.35. The number of sulfonamides is 1. The number of anilines is 1. The summed E-state index contributed by atoms with van der Waals surface area (Å²) in [5.74, 6) is 0.441. The lowest BCUT2D eigenvalue weighted by molar-refractivity contribution is 0.218. The summed E-state index contributed by atoms with van der Waals surface area (Å²) in [6.07, 6.45) is 6.53. The minimum Gasteiger partial charge on any atom is -0.355 e. The Kier molecular flexibility index (Phi) is 4.83. The van der Waals surface area contributed by atoms with Crippen LogP contribution in [0.1, 0.15) is 46.5 Å². The third kappa shape index (κ3) is 4.38. The molecule has 1 aromatic rings. The fraction of sp³-hybridized carbons (Fsp3) is 0.714. The maximum absolute atomic E-state index is 12.3. The Morgan fingerprint density at radius 3 is 2.33 bits per heavy atom. The molecule has 2 rings (SSSR count). The highest BCUT2D eigenvalue weighted by molar-refractivity contribution is 7.89. The molecular weight excluding hydrogens is 288 g/mol. The minimum absolute atomic E-state index is 0.0106. The van der Waals surface area contributed by atoms with Gasteiger partial charge in [-0.05, 0) is 38.0 Å². The van der Waals surface area contributed by atoms with E-state index in [2.05, 4.69) is 33.9 Å². The lowest BCUT2D eigenvalue weighted by Gasteiger charge is -2.34. The third-order valence-corrected chi connectivity index (χ3v) is 5.41. The highest BCUT2D eigenvalue weighted by atomic mass is 32.2. The average Bonchev–Trinajstić information content (AvgIpc) is 2.42. The molecule has 1 aromatic heterocycles. The van der Waals surface area contributed by atoms with E-state index in [9.17, 15) is 8.42 Å². The Balaban J connectivity index is 2.01. The zero-order valence-corrected chi connectivity index (χ0v) is 13.7. The Morgan fingerprint density at radius 2 is 1.81 bits per heavy atom. The molecular formula is C14H24N4O2S. The minimum atomic E-state index is -3.53. The van der Waals surface area contributed by atoms with Gasteiger partial charge in [0.25, 0.3) is 0 Å². The summed E-state index contributed by atoms with van der Waals surface area (Å²) in [5.41, 5.74) is 0.318. The fourth-order valence-corrected chi connectivity index (χ4v) is 3.70. The topological polar surface area (TPSA) is 84.0 Å². The second-order valence-corrected chi connectivity index (χ2v) is 8.05. The van der Waals surface area contributed by atoms with Crippen LogP contribution in [0, 0.1) is 5.41 Å². The molecule has 0 aromatic carbocycles. The van der Waals surface area contributed by atoms with Gasteiger partial charge in [-0.3, -0.25) is 0 Å². The smallest absolute Gasteiger partial charge is 0.243 e. The van der Waals surface area contributed by atoms with Crippen LogP contribution in [0.4, 0.5) is 5.95 Å². The lowest BCUT2D eigenvalue weighted by Crippen LogP contribution is -2.39. The average molecular weight is 312 g/mol. The van der Waals surface area contributed by atoms with Gasteiger partial charge in [0, 0.05) is 12.6 Å². The SMILES string of the molecule is CCNc1ncc(S(=O)(=O)NC2CCC(C)(C)CC2)cn1. The van der Waals surface area contributed by atoms with Crippen molar-refractivity contribution in [1.29, 1.82) is 0 Å². The van der Waals surface area contributed by atoms with Crippen LogP contribution in [-0.4, -0.2) is 31.0 Å². The van der Waals surface area contributed by atoms with Gasteiger partial charge in [0.15, 0.2) is 0 Å². The highest BCUT2D eigenvalue weighted by Gasteiger charge is 2.29. The summed E-state index contributed by atoms with van der Waals surface area (Å²) in [5, 5.41) is 2.94. The molecule has 0 bridgehead atoms. The summed E-state index contributed by atoms with van der Waals surface area (Å²) in [7, 11) is -3.53. The number of nitrogens with one attached hydrogen (secondary N) is 2. The van der Waals surface area contributed by atoms with Crippen LogP contribution in [0.15, 0.2) is 17.3 Å². The van der Waals surface area contributed by atoms with Crippen LogP contribution in [0.3, 0.4) is 0 Å². The molecule has 0 radical (unpaired) electrons. The van der Waals surface area contributed by atoms with Crippen molar-refractivity contribution in [2.45, 2.75) is 57.4 Å². The van der Waals surface area contributed by atoms with E-state index in [0.29, 0.717) is 17.9 Å². The second-order valence-electron chi connectivity index (χ2n) is 6.33. The monoisotopic (exact) mass is 312 g/mol. The van der Waals surface area contributed by atoms with E-state index in [1.807, 2.05) is 6.92 Å². The first-order valence-electron chi connectivity index (χ1n) is 7.41. The molecule has 1 heterocycles. The molecule has 1 aliphatic carbocycles. The Hall–Kier alpha value is -1.21. The maximum atomic E-state index is 12.3. The molecule has 1 saturated carbocycles. The van der Waals surface area contributed by atoms with Crippen molar-refractivity contribution in [2.24, 2.45) is 5.41 Å². The summed E-state index contributed by atoms with van der Waals surface area (Å²) < 4.78 is 27.4. The van der Waals surface area contributed by atoms with Crippen LogP contribution in [0.25, 0.3) is 0 Å².